The second-order valence-electron chi connectivity index (χ2n) is 5.09. The van der Waals surface area contributed by atoms with Crippen molar-refractivity contribution in [3.8, 4) is 5.75 Å². The van der Waals surface area contributed by atoms with Crippen LogP contribution in [0.25, 0.3) is 0 Å². The second-order valence-corrected chi connectivity index (χ2v) is 5.53. The van der Waals surface area contributed by atoms with E-state index >= 15 is 0 Å². The van der Waals surface area contributed by atoms with Gasteiger partial charge in [0.15, 0.2) is 6.10 Å². The van der Waals surface area contributed by atoms with Gasteiger partial charge in [-0.25, -0.2) is 0 Å². The smallest absolute Gasteiger partial charge is 0.260 e. The molecule has 0 spiro atoms. The average molecular weight is 297 g/mol. The molecule has 0 saturated carbocycles. The third kappa shape index (κ3) is 4.69. The normalized spacial score (nSPS) is 19.6. The molecule has 2 atom stereocenters. The number of carbonyl (C=O) groups is 1. The summed E-state index contributed by atoms with van der Waals surface area (Å²) in [6, 6.07) is 7.60. The fourth-order valence-corrected chi connectivity index (χ4v) is 2.49. The van der Waals surface area contributed by atoms with Gasteiger partial charge in [0.05, 0.1) is 0 Å². The molecule has 2 rings (SSSR count). The molecule has 2 N–H and O–H groups in total. The minimum atomic E-state index is -0.523. The summed E-state index contributed by atoms with van der Waals surface area (Å²) in [5.74, 6) is 0.514. The van der Waals surface area contributed by atoms with Crippen LogP contribution in [-0.4, -0.2) is 31.1 Å². The minimum absolute atomic E-state index is 0.0945. The molecule has 0 aliphatic carbocycles. The molecule has 1 aromatic rings. The fourth-order valence-electron chi connectivity index (χ4n) is 2.31. The highest BCUT2D eigenvalue weighted by atomic mass is 35.5. The van der Waals surface area contributed by atoms with Crippen molar-refractivity contribution in [1.29, 1.82) is 0 Å². The van der Waals surface area contributed by atoms with Gasteiger partial charge < -0.3 is 15.4 Å². The molecule has 0 radical (unpaired) electrons. The first-order valence-electron chi connectivity index (χ1n) is 7.08. The molecule has 4 nitrogen and oxygen atoms in total. The Bertz CT molecular complexity index is 447. The molecule has 1 amide bonds. The third-order valence-electron chi connectivity index (χ3n) is 3.43. The van der Waals surface area contributed by atoms with Crippen LogP contribution in [0.2, 0.25) is 5.02 Å². The maximum atomic E-state index is 11.9. The van der Waals surface area contributed by atoms with Gasteiger partial charge in [-0.05, 0) is 50.9 Å². The van der Waals surface area contributed by atoms with E-state index in [1.165, 1.54) is 12.8 Å². The Morgan fingerprint density at radius 2 is 2.45 bits per heavy atom. The maximum absolute atomic E-state index is 11.9. The lowest BCUT2D eigenvalue weighted by Crippen LogP contribution is -2.38. The Morgan fingerprint density at radius 3 is 3.15 bits per heavy atom. The van der Waals surface area contributed by atoms with Gasteiger partial charge in [0.2, 0.25) is 0 Å². The monoisotopic (exact) mass is 296 g/mol. The summed E-state index contributed by atoms with van der Waals surface area (Å²) in [6.45, 7) is 3.51. The van der Waals surface area contributed by atoms with E-state index in [1.54, 1.807) is 31.2 Å². The van der Waals surface area contributed by atoms with Crippen molar-refractivity contribution in [2.24, 2.45) is 0 Å². The summed E-state index contributed by atoms with van der Waals surface area (Å²) in [5, 5.41) is 6.92. The summed E-state index contributed by atoms with van der Waals surface area (Å²) < 4.78 is 5.57. The molecular formula is C15H21ClN2O2. The standard InChI is InChI=1S/C15H21ClN2O2/c1-11(20-14-6-2-4-12(16)10-14)15(19)18-9-7-13-5-3-8-17-13/h2,4,6,10-11,13,17H,3,5,7-9H2,1H3,(H,18,19). The van der Waals surface area contributed by atoms with E-state index in [1.807, 2.05) is 0 Å². The van der Waals surface area contributed by atoms with Crippen molar-refractivity contribution in [2.75, 3.05) is 13.1 Å². The molecule has 1 aliphatic rings. The van der Waals surface area contributed by atoms with Gasteiger partial charge in [0, 0.05) is 17.6 Å². The first kappa shape index (κ1) is 15.1. The van der Waals surface area contributed by atoms with Gasteiger partial charge in [-0.3, -0.25) is 4.79 Å². The molecule has 0 bridgehead atoms. The van der Waals surface area contributed by atoms with Crippen LogP contribution in [0.15, 0.2) is 24.3 Å². The summed E-state index contributed by atoms with van der Waals surface area (Å²) in [7, 11) is 0. The molecular weight excluding hydrogens is 276 g/mol. The Kier molecular flexibility index (Phi) is 5.68. The van der Waals surface area contributed by atoms with E-state index in [4.69, 9.17) is 16.3 Å². The Labute approximate surface area is 124 Å². The Balaban J connectivity index is 1.71. The van der Waals surface area contributed by atoms with Gasteiger partial charge in [0.25, 0.3) is 5.91 Å². The van der Waals surface area contributed by atoms with E-state index in [9.17, 15) is 4.79 Å². The van der Waals surface area contributed by atoms with Crippen LogP contribution in [0.5, 0.6) is 5.75 Å². The lowest BCUT2D eigenvalue weighted by molar-refractivity contribution is -0.127. The number of amides is 1. The predicted octanol–water partition coefficient (Wildman–Crippen LogP) is 2.37. The maximum Gasteiger partial charge on any atom is 0.260 e. The predicted molar refractivity (Wildman–Crippen MR) is 80.2 cm³/mol. The first-order chi connectivity index (χ1) is 9.65. The molecule has 2 unspecified atom stereocenters. The number of ether oxygens (including phenoxy) is 1. The van der Waals surface area contributed by atoms with E-state index in [2.05, 4.69) is 10.6 Å². The van der Waals surface area contributed by atoms with E-state index in [0.29, 0.717) is 23.4 Å². The van der Waals surface area contributed by atoms with Gasteiger partial charge in [-0.1, -0.05) is 17.7 Å². The molecule has 20 heavy (non-hydrogen) atoms. The molecule has 5 heteroatoms. The third-order valence-corrected chi connectivity index (χ3v) is 3.67. The molecule has 1 fully saturated rings. The number of hydrogen-bond donors (Lipinski definition) is 2. The van der Waals surface area contributed by atoms with E-state index in [-0.39, 0.29) is 5.91 Å². The van der Waals surface area contributed by atoms with Crippen molar-refractivity contribution in [3.63, 3.8) is 0 Å². The van der Waals surface area contributed by atoms with Crippen LogP contribution < -0.4 is 15.4 Å². The number of carbonyl (C=O) groups excluding carboxylic acids is 1. The quantitative estimate of drug-likeness (QED) is 0.847. The van der Waals surface area contributed by atoms with E-state index in [0.717, 1.165) is 13.0 Å². The zero-order valence-electron chi connectivity index (χ0n) is 11.7. The first-order valence-corrected chi connectivity index (χ1v) is 7.46. The lowest BCUT2D eigenvalue weighted by Gasteiger charge is -2.16. The Hall–Kier alpha value is -1.26. The van der Waals surface area contributed by atoms with Crippen molar-refractivity contribution < 1.29 is 9.53 Å². The number of rotatable bonds is 6. The van der Waals surface area contributed by atoms with Crippen molar-refractivity contribution in [1.82, 2.24) is 10.6 Å². The zero-order valence-corrected chi connectivity index (χ0v) is 12.5. The van der Waals surface area contributed by atoms with Gasteiger partial charge in [-0.2, -0.15) is 0 Å². The minimum Gasteiger partial charge on any atom is -0.481 e. The van der Waals surface area contributed by atoms with Crippen LogP contribution in [0.4, 0.5) is 0 Å². The van der Waals surface area contributed by atoms with Gasteiger partial charge in [0.1, 0.15) is 5.75 Å². The fraction of sp³-hybridized carbons (Fsp3) is 0.533. The van der Waals surface area contributed by atoms with Crippen LogP contribution >= 0.6 is 11.6 Å². The summed E-state index contributed by atoms with van der Waals surface area (Å²) >= 11 is 5.88. The second kappa shape index (κ2) is 7.50. The topological polar surface area (TPSA) is 50.4 Å². The van der Waals surface area contributed by atoms with E-state index < -0.39 is 6.10 Å². The highest BCUT2D eigenvalue weighted by Crippen LogP contribution is 2.18. The molecule has 1 saturated heterocycles. The summed E-state index contributed by atoms with van der Waals surface area (Å²) in [6.07, 6.45) is 2.87. The molecule has 1 aliphatic heterocycles. The van der Waals surface area contributed by atoms with Gasteiger partial charge in [-0.15, -0.1) is 0 Å². The largest absolute Gasteiger partial charge is 0.481 e. The highest BCUT2D eigenvalue weighted by molar-refractivity contribution is 6.30. The molecule has 1 aromatic carbocycles. The lowest BCUT2D eigenvalue weighted by atomic mass is 10.1. The van der Waals surface area contributed by atoms with Gasteiger partial charge >= 0.3 is 0 Å². The molecule has 0 aromatic heterocycles. The van der Waals surface area contributed by atoms with Crippen LogP contribution in [0.3, 0.4) is 0 Å². The average Bonchev–Trinajstić information content (AvgIpc) is 2.91. The number of halogens is 1. The number of hydrogen-bond acceptors (Lipinski definition) is 3. The molecule has 1 heterocycles. The highest BCUT2D eigenvalue weighted by Gasteiger charge is 2.17. The Morgan fingerprint density at radius 1 is 1.60 bits per heavy atom. The van der Waals surface area contributed by atoms with Crippen molar-refractivity contribution >= 4 is 17.5 Å². The summed E-state index contributed by atoms with van der Waals surface area (Å²) in [4.78, 5) is 11.9. The van der Waals surface area contributed by atoms with Crippen molar-refractivity contribution in [2.45, 2.75) is 38.3 Å². The van der Waals surface area contributed by atoms with Crippen LogP contribution in [0.1, 0.15) is 26.2 Å². The summed E-state index contributed by atoms with van der Waals surface area (Å²) in [5.41, 5.74) is 0. The number of nitrogens with one attached hydrogen (secondary N) is 2. The van der Waals surface area contributed by atoms with Crippen LogP contribution in [-0.2, 0) is 4.79 Å². The molecule has 110 valence electrons. The van der Waals surface area contributed by atoms with Crippen LogP contribution in [0, 0.1) is 0 Å². The van der Waals surface area contributed by atoms with Crippen molar-refractivity contribution in [3.05, 3.63) is 29.3 Å². The number of benzene rings is 1. The zero-order chi connectivity index (χ0) is 14.4. The SMILES string of the molecule is CC(Oc1cccc(Cl)c1)C(=O)NCCC1CCCN1.